The van der Waals surface area contributed by atoms with Crippen LogP contribution >= 0.6 is 0 Å². The second-order valence-electron chi connectivity index (χ2n) is 12.3. The molecule has 0 aromatic heterocycles. The van der Waals surface area contributed by atoms with Gasteiger partial charge in [-0.05, 0) is 91.3 Å². The number of allylic oxidation sites excluding steroid dienone is 1. The zero-order chi connectivity index (χ0) is 29.7. The maximum absolute atomic E-state index is 12.1. The predicted molar refractivity (Wildman–Crippen MR) is 166 cm³/mol. The first kappa shape index (κ1) is 31.5. The Hall–Kier alpha value is -3.05. The van der Waals surface area contributed by atoms with Gasteiger partial charge in [0.15, 0.2) is 0 Å². The molecular formula is C35H50N2O3. The summed E-state index contributed by atoms with van der Waals surface area (Å²) in [5.74, 6) is -0.214. The molecule has 1 aliphatic rings. The molecule has 0 spiro atoms. The van der Waals surface area contributed by atoms with Crippen LogP contribution in [0, 0.1) is 19.3 Å². The molecule has 3 rings (SSSR count). The monoisotopic (exact) mass is 546 g/mol. The number of nitrogens with zero attached hydrogens (tertiary/aromatic N) is 1. The molecule has 0 saturated carbocycles. The van der Waals surface area contributed by atoms with Crippen LogP contribution in [0.25, 0.3) is 5.70 Å². The zero-order valence-corrected chi connectivity index (χ0v) is 26.1. The number of aliphatic hydroxyl groups is 1. The van der Waals surface area contributed by atoms with Crippen molar-refractivity contribution >= 4 is 11.7 Å². The van der Waals surface area contributed by atoms with Gasteiger partial charge in [-0.25, -0.2) is 0 Å². The first-order valence-electron chi connectivity index (χ1n) is 14.8. The Balaban J connectivity index is 1.91. The number of aryl methyl sites for hydroxylation is 3. The number of carbonyl (C=O) groups is 1. The highest BCUT2D eigenvalue weighted by Gasteiger charge is 2.32. The zero-order valence-electron chi connectivity index (χ0n) is 26.1. The van der Waals surface area contributed by atoms with Crippen LogP contribution < -0.4 is 5.43 Å². The lowest BCUT2D eigenvalue weighted by Crippen LogP contribution is -2.32. The van der Waals surface area contributed by atoms with Crippen LogP contribution in [0.2, 0.25) is 0 Å². The molecule has 2 aromatic carbocycles. The van der Waals surface area contributed by atoms with Crippen molar-refractivity contribution in [2.24, 2.45) is 5.41 Å². The Kier molecular flexibility index (Phi) is 10.3. The van der Waals surface area contributed by atoms with Gasteiger partial charge in [0.25, 0.3) is 0 Å². The Morgan fingerprint density at radius 2 is 1.62 bits per heavy atom. The van der Waals surface area contributed by atoms with Crippen molar-refractivity contribution in [2.45, 2.75) is 99.0 Å². The van der Waals surface area contributed by atoms with Gasteiger partial charge >= 0.3 is 5.97 Å². The Morgan fingerprint density at radius 1 is 1.00 bits per heavy atom. The maximum atomic E-state index is 12.1. The highest BCUT2D eigenvalue weighted by atomic mass is 16.5. The molecule has 0 aliphatic carbocycles. The van der Waals surface area contributed by atoms with Crippen molar-refractivity contribution in [3.8, 4) is 0 Å². The molecule has 2 aromatic rings. The third kappa shape index (κ3) is 7.17. The maximum Gasteiger partial charge on any atom is 0.310 e. The van der Waals surface area contributed by atoms with Gasteiger partial charge in [0, 0.05) is 24.2 Å². The van der Waals surface area contributed by atoms with Crippen LogP contribution in [-0.4, -0.2) is 35.8 Å². The molecular weight excluding hydrogens is 496 g/mol. The van der Waals surface area contributed by atoms with E-state index in [4.69, 9.17) is 4.74 Å². The molecule has 0 radical (unpaired) electrons. The van der Waals surface area contributed by atoms with Gasteiger partial charge in [-0.2, -0.15) is 0 Å². The number of benzene rings is 2. The lowest BCUT2D eigenvalue weighted by atomic mass is 9.69. The summed E-state index contributed by atoms with van der Waals surface area (Å²) in [6.07, 6.45) is 7.56. The normalized spacial score (nSPS) is 14.8. The van der Waals surface area contributed by atoms with Crippen LogP contribution in [0.5, 0.6) is 0 Å². The van der Waals surface area contributed by atoms with E-state index in [-0.39, 0.29) is 29.3 Å². The van der Waals surface area contributed by atoms with Crippen LogP contribution in [0.15, 0.2) is 54.2 Å². The molecule has 0 bridgehead atoms. The number of ether oxygens (including phenoxy) is 1. The standard InChI is InChI=1S/C35H50N2O3/c1-10-35(11-2,28-15-13-27(24(4)19-28)14-18-32(38)34(6,7)8)29-16-17-30(25(5)20-29)31-21-26(23-37(9)36-31)22-33(39)40-12-3/h13,15-17,19-21,23,32,36,38H,10-12,14,18,22H2,1-9H3. The predicted octanol–water partition coefficient (Wildman–Crippen LogP) is 7.38. The van der Waals surface area contributed by atoms with Crippen molar-refractivity contribution in [2.75, 3.05) is 13.7 Å². The molecule has 0 saturated heterocycles. The second-order valence-corrected chi connectivity index (χ2v) is 12.3. The Labute approximate surface area is 242 Å². The van der Waals surface area contributed by atoms with E-state index in [9.17, 15) is 9.90 Å². The number of aliphatic hydroxyl groups excluding tert-OH is 1. The van der Waals surface area contributed by atoms with E-state index < -0.39 is 0 Å². The van der Waals surface area contributed by atoms with Gasteiger partial charge in [0.1, 0.15) is 0 Å². The molecule has 1 aliphatic heterocycles. The average Bonchev–Trinajstić information content (AvgIpc) is 2.88. The first-order chi connectivity index (χ1) is 18.8. The van der Waals surface area contributed by atoms with E-state index >= 15 is 0 Å². The van der Waals surface area contributed by atoms with E-state index in [0.29, 0.717) is 6.61 Å². The molecule has 1 atom stereocenters. The number of nitrogens with one attached hydrogen (secondary N) is 1. The fourth-order valence-corrected chi connectivity index (χ4v) is 5.84. The second kappa shape index (κ2) is 13.1. The molecule has 0 fully saturated rings. The van der Waals surface area contributed by atoms with Crippen LogP contribution in [0.1, 0.15) is 101 Å². The summed E-state index contributed by atoms with van der Waals surface area (Å²) in [6, 6.07) is 13.7. The molecule has 40 heavy (non-hydrogen) atoms. The molecule has 0 amide bonds. The fraction of sp³-hybridized carbons (Fsp3) is 0.514. The molecule has 218 valence electrons. The van der Waals surface area contributed by atoms with Crippen molar-refractivity contribution in [3.63, 3.8) is 0 Å². The number of carbonyl (C=O) groups excluding carboxylic acids is 1. The molecule has 5 nitrogen and oxygen atoms in total. The smallest absolute Gasteiger partial charge is 0.310 e. The first-order valence-corrected chi connectivity index (χ1v) is 14.8. The van der Waals surface area contributed by atoms with E-state index in [2.05, 4.69) is 90.3 Å². The summed E-state index contributed by atoms with van der Waals surface area (Å²) in [5.41, 5.74) is 12.7. The lowest BCUT2D eigenvalue weighted by Gasteiger charge is -2.35. The van der Waals surface area contributed by atoms with Gasteiger partial charge in [-0.3, -0.25) is 15.2 Å². The summed E-state index contributed by atoms with van der Waals surface area (Å²) in [4.78, 5) is 12.1. The lowest BCUT2D eigenvalue weighted by molar-refractivity contribution is -0.142. The number of hydrazine groups is 1. The quantitative estimate of drug-likeness (QED) is 0.288. The summed E-state index contributed by atoms with van der Waals surface area (Å²) in [6.45, 7) is 17.4. The van der Waals surface area contributed by atoms with Crippen LogP contribution in [-0.2, 0) is 21.4 Å². The van der Waals surface area contributed by atoms with Crippen molar-refractivity contribution in [1.82, 2.24) is 10.4 Å². The topological polar surface area (TPSA) is 61.8 Å². The third-order valence-corrected chi connectivity index (χ3v) is 8.50. The molecule has 1 unspecified atom stereocenters. The number of hydrogen-bond acceptors (Lipinski definition) is 5. The molecule has 2 N–H and O–H groups in total. The van der Waals surface area contributed by atoms with Gasteiger partial charge < -0.3 is 9.84 Å². The van der Waals surface area contributed by atoms with Crippen LogP contribution in [0.4, 0.5) is 0 Å². The van der Waals surface area contributed by atoms with Gasteiger partial charge in [0.05, 0.1) is 24.8 Å². The largest absolute Gasteiger partial charge is 0.466 e. The third-order valence-electron chi connectivity index (χ3n) is 8.50. The average molecular weight is 547 g/mol. The van der Waals surface area contributed by atoms with E-state index in [1.165, 1.54) is 27.8 Å². The Morgan fingerprint density at radius 3 is 2.17 bits per heavy atom. The number of hydrogen-bond donors (Lipinski definition) is 2. The minimum Gasteiger partial charge on any atom is -0.466 e. The van der Waals surface area contributed by atoms with Crippen molar-refractivity contribution in [3.05, 3.63) is 87.6 Å². The van der Waals surface area contributed by atoms with Crippen molar-refractivity contribution in [1.29, 1.82) is 0 Å². The Bertz CT molecular complexity index is 1250. The minimum absolute atomic E-state index is 0.0857. The highest BCUT2D eigenvalue weighted by Crippen LogP contribution is 2.41. The van der Waals surface area contributed by atoms with E-state index in [0.717, 1.165) is 42.5 Å². The van der Waals surface area contributed by atoms with Gasteiger partial charge in [0.2, 0.25) is 0 Å². The minimum atomic E-state index is -0.316. The summed E-state index contributed by atoms with van der Waals surface area (Å²) in [5, 5.41) is 12.4. The summed E-state index contributed by atoms with van der Waals surface area (Å²) >= 11 is 0. The van der Waals surface area contributed by atoms with Crippen LogP contribution in [0.3, 0.4) is 0 Å². The molecule has 1 heterocycles. The van der Waals surface area contributed by atoms with E-state index in [1.54, 1.807) is 0 Å². The number of rotatable bonds is 11. The fourth-order valence-electron chi connectivity index (χ4n) is 5.84. The van der Waals surface area contributed by atoms with Gasteiger partial charge in [-0.15, -0.1) is 0 Å². The van der Waals surface area contributed by atoms with E-state index in [1.807, 2.05) is 31.3 Å². The SMILES string of the molecule is CCOC(=O)CC1=CN(C)NC(c2ccc(C(CC)(CC)c3ccc(CCC(O)C(C)(C)C)c(C)c3)cc2C)=C1. The summed E-state index contributed by atoms with van der Waals surface area (Å²) < 4.78 is 5.16. The summed E-state index contributed by atoms with van der Waals surface area (Å²) in [7, 11) is 1.94. The van der Waals surface area contributed by atoms with Gasteiger partial charge in [-0.1, -0.05) is 71.0 Å². The molecule has 5 heteroatoms. The number of esters is 1. The van der Waals surface area contributed by atoms with Crippen molar-refractivity contribution < 1.29 is 14.6 Å². The highest BCUT2D eigenvalue weighted by molar-refractivity contribution is 5.77.